The summed E-state index contributed by atoms with van der Waals surface area (Å²) in [6.45, 7) is 13.0. The van der Waals surface area contributed by atoms with Gasteiger partial charge in [-0.15, -0.1) is 0 Å². The molecule has 6 heteroatoms. The average molecular weight is 846 g/mol. The van der Waals surface area contributed by atoms with Gasteiger partial charge in [-0.05, 0) is 102 Å². The summed E-state index contributed by atoms with van der Waals surface area (Å²) in [5.74, 6) is 1.64. The predicted molar refractivity (Wildman–Crippen MR) is 257 cm³/mol. The first kappa shape index (κ1) is 56.6. The molecule has 0 amide bonds. The lowest BCUT2D eigenvalue weighted by molar-refractivity contribution is -0.150. The number of carbonyl (C=O) groups is 3. The standard InChI is InChI=1S/C54H103NO5/c1-5-9-24-35-49(36-25-10-6-2)47-51(56)39-28-20-16-13-14-17-21-29-40-52(60-53(57)42-34-45-55-43-31-32-44-55)41-30-22-18-15-19-23-33-46-59-54(58)48-50(37-26-11-7-3)38-27-12-8-4/h49-50,52H,5-48H2,1-4H3. The molecule has 60 heavy (non-hydrogen) atoms. The summed E-state index contributed by atoms with van der Waals surface area (Å²) < 4.78 is 11.8. The van der Waals surface area contributed by atoms with E-state index in [1.54, 1.807) is 0 Å². The van der Waals surface area contributed by atoms with Crippen LogP contribution in [-0.2, 0) is 23.9 Å². The van der Waals surface area contributed by atoms with Gasteiger partial charge >= 0.3 is 11.9 Å². The number of carbonyl (C=O) groups excluding carboxylic acids is 3. The Morgan fingerprint density at radius 1 is 0.433 bits per heavy atom. The van der Waals surface area contributed by atoms with Gasteiger partial charge in [-0.1, -0.05) is 188 Å². The largest absolute Gasteiger partial charge is 0.466 e. The molecule has 354 valence electrons. The first-order chi connectivity index (χ1) is 29.4. The van der Waals surface area contributed by atoms with Crippen molar-refractivity contribution in [3.63, 3.8) is 0 Å². The van der Waals surface area contributed by atoms with Crippen molar-refractivity contribution in [2.75, 3.05) is 26.2 Å². The summed E-state index contributed by atoms with van der Waals surface area (Å²) in [4.78, 5) is 40.6. The smallest absolute Gasteiger partial charge is 0.306 e. The van der Waals surface area contributed by atoms with Crippen molar-refractivity contribution in [1.82, 2.24) is 4.90 Å². The van der Waals surface area contributed by atoms with Crippen LogP contribution in [0.25, 0.3) is 0 Å². The van der Waals surface area contributed by atoms with Crippen LogP contribution in [0.5, 0.6) is 0 Å². The van der Waals surface area contributed by atoms with Gasteiger partial charge < -0.3 is 14.4 Å². The van der Waals surface area contributed by atoms with E-state index in [2.05, 4.69) is 32.6 Å². The van der Waals surface area contributed by atoms with E-state index in [-0.39, 0.29) is 18.0 Å². The highest BCUT2D eigenvalue weighted by molar-refractivity contribution is 5.78. The fourth-order valence-corrected chi connectivity index (χ4v) is 9.41. The van der Waals surface area contributed by atoms with E-state index < -0.39 is 0 Å². The Kier molecular flexibility index (Phi) is 40.4. The first-order valence-corrected chi connectivity index (χ1v) is 27.0. The fourth-order valence-electron chi connectivity index (χ4n) is 9.41. The molecule has 0 saturated carbocycles. The molecule has 1 aliphatic rings. The predicted octanol–water partition coefficient (Wildman–Crippen LogP) is 16.2. The van der Waals surface area contributed by atoms with Crippen molar-refractivity contribution in [3.8, 4) is 0 Å². The van der Waals surface area contributed by atoms with Gasteiger partial charge in [0.25, 0.3) is 0 Å². The van der Waals surface area contributed by atoms with Crippen LogP contribution in [0.4, 0.5) is 0 Å². The summed E-state index contributed by atoms with van der Waals surface area (Å²) in [6.07, 6.45) is 46.0. The number of esters is 2. The maximum absolute atomic E-state index is 12.9. The number of hydrogen-bond acceptors (Lipinski definition) is 6. The molecule has 0 aromatic carbocycles. The van der Waals surface area contributed by atoms with Gasteiger partial charge in [0, 0.05) is 25.7 Å². The minimum Gasteiger partial charge on any atom is -0.466 e. The Balaban J connectivity index is 2.25. The Morgan fingerprint density at radius 2 is 0.850 bits per heavy atom. The summed E-state index contributed by atoms with van der Waals surface area (Å²) in [5, 5.41) is 0. The summed E-state index contributed by atoms with van der Waals surface area (Å²) in [7, 11) is 0. The molecular weight excluding hydrogens is 743 g/mol. The summed E-state index contributed by atoms with van der Waals surface area (Å²) in [5.41, 5.74) is 0. The van der Waals surface area contributed by atoms with Gasteiger partial charge in [0.2, 0.25) is 0 Å². The molecule has 1 rings (SSSR count). The van der Waals surface area contributed by atoms with E-state index in [0.717, 1.165) is 70.8 Å². The van der Waals surface area contributed by atoms with Crippen LogP contribution in [0, 0.1) is 11.8 Å². The van der Waals surface area contributed by atoms with E-state index >= 15 is 0 Å². The molecule has 0 aromatic heterocycles. The molecule has 1 saturated heterocycles. The Morgan fingerprint density at radius 3 is 1.33 bits per heavy atom. The topological polar surface area (TPSA) is 72.9 Å². The SMILES string of the molecule is CCCCCC(CCCCC)CC(=O)CCCCCCCCCCC(CCCCCCCCCOC(=O)CC(CCCCC)CCCCC)OC(=O)CCCN1CCCC1. The van der Waals surface area contributed by atoms with Crippen molar-refractivity contribution in [2.45, 2.75) is 291 Å². The maximum atomic E-state index is 12.9. The van der Waals surface area contributed by atoms with Crippen molar-refractivity contribution in [3.05, 3.63) is 0 Å². The van der Waals surface area contributed by atoms with Gasteiger partial charge in [-0.25, -0.2) is 0 Å². The lowest BCUT2D eigenvalue weighted by Gasteiger charge is -2.19. The fraction of sp³-hybridized carbons (Fsp3) is 0.944. The van der Waals surface area contributed by atoms with E-state index in [9.17, 15) is 14.4 Å². The zero-order valence-corrected chi connectivity index (χ0v) is 40.8. The third kappa shape index (κ3) is 36.1. The third-order valence-electron chi connectivity index (χ3n) is 13.4. The van der Waals surface area contributed by atoms with Crippen LogP contribution in [0.3, 0.4) is 0 Å². The third-order valence-corrected chi connectivity index (χ3v) is 13.4. The molecule has 6 nitrogen and oxygen atoms in total. The molecule has 1 fully saturated rings. The van der Waals surface area contributed by atoms with Crippen molar-refractivity contribution in [2.24, 2.45) is 11.8 Å². The first-order valence-electron chi connectivity index (χ1n) is 27.0. The average Bonchev–Trinajstić information content (AvgIpc) is 3.76. The van der Waals surface area contributed by atoms with Crippen LogP contribution in [0.15, 0.2) is 0 Å². The monoisotopic (exact) mass is 846 g/mol. The molecule has 0 aromatic rings. The van der Waals surface area contributed by atoms with E-state index in [0.29, 0.717) is 37.1 Å². The van der Waals surface area contributed by atoms with Crippen LogP contribution >= 0.6 is 0 Å². The molecule has 1 heterocycles. The molecular formula is C54H103NO5. The number of nitrogens with zero attached hydrogens (tertiary/aromatic N) is 1. The number of ether oxygens (including phenoxy) is 2. The Labute approximate surface area is 374 Å². The van der Waals surface area contributed by atoms with Crippen LogP contribution in [0.2, 0.25) is 0 Å². The highest BCUT2D eigenvalue weighted by Crippen LogP contribution is 2.24. The molecule has 0 bridgehead atoms. The van der Waals surface area contributed by atoms with E-state index in [4.69, 9.17) is 9.47 Å². The van der Waals surface area contributed by atoms with Gasteiger partial charge in [-0.2, -0.15) is 0 Å². The zero-order valence-electron chi connectivity index (χ0n) is 40.8. The second-order valence-corrected chi connectivity index (χ2v) is 19.3. The maximum Gasteiger partial charge on any atom is 0.306 e. The second-order valence-electron chi connectivity index (χ2n) is 19.3. The summed E-state index contributed by atoms with van der Waals surface area (Å²) >= 11 is 0. The van der Waals surface area contributed by atoms with E-state index in [1.165, 1.54) is 193 Å². The number of unbranched alkanes of at least 4 members (excludes halogenated alkanes) is 21. The molecule has 0 aliphatic carbocycles. The molecule has 1 aliphatic heterocycles. The molecule has 0 radical (unpaired) electrons. The second kappa shape index (κ2) is 42.9. The number of rotatable bonds is 46. The lowest BCUT2D eigenvalue weighted by atomic mass is 9.89. The highest BCUT2D eigenvalue weighted by Gasteiger charge is 2.18. The Bertz CT molecular complexity index is 886. The quantitative estimate of drug-likeness (QED) is 0.0449. The zero-order chi connectivity index (χ0) is 43.6. The lowest BCUT2D eigenvalue weighted by Crippen LogP contribution is -2.23. The van der Waals surface area contributed by atoms with Gasteiger partial charge in [0.1, 0.15) is 11.9 Å². The summed E-state index contributed by atoms with van der Waals surface area (Å²) in [6, 6.07) is 0. The van der Waals surface area contributed by atoms with Crippen LogP contribution in [-0.4, -0.2) is 55.0 Å². The van der Waals surface area contributed by atoms with Gasteiger partial charge in [-0.3, -0.25) is 14.4 Å². The number of likely N-dealkylation sites (tertiary alicyclic amines) is 1. The van der Waals surface area contributed by atoms with Crippen LogP contribution < -0.4 is 0 Å². The number of hydrogen-bond donors (Lipinski definition) is 0. The minimum atomic E-state index is 0.00499. The highest BCUT2D eigenvalue weighted by atomic mass is 16.5. The van der Waals surface area contributed by atoms with Crippen molar-refractivity contribution in [1.29, 1.82) is 0 Å². The van der Waals surface area contributed by atoms with Gasteiger partial charge in [0.05, 0.1) is 6.61 Å². The molecule has 1 atom stereocenters. The molecule has 0 spiro atoms. The van der Waals surface area contributed by atoms with Crippen molar-refractivity contribution < 1.29 is 23.9 Å². The van der Waals surface area contributed by atoms with Crippen molar-refractivity contribution >= 4 is 17.7 Å². The molecule has 1 unspecified atom stereocenters. The number of Topliss-reactive ketones (excluding diaryl/α,β-unsaturated/α-hetero) is 1. The van der Waals surface area contributed by atoms with E-state index in [1.807, 2.05) is 0 Å². The normalized spacial score (nSPS) is 13.8. The Hall–Kier alpha value is -1.43. The minimum absolute atomic E-state index is 0.00499. The van der Waals surface area contributed by atoms with Crippen LogP contribution in [0.1, 0.15) is 285 Å². The number of ketones is 1. The molecule has 0 N–H and O–H groups in total. The van der Waals surface area contributed by atoms with Gasteiger partial charge in [0.15, 0.2) is 0 Å².